The summed E-state index contributed by atoms with van der Waals surface area (Å²) in [5.74, 6) is 0.878. The number of ether oxygens (including phenoxy) is 1. The first kappa shape index (κ1) is 14.4. The highest BCUT2D eigenvalue weighted by atomic mass is 79.9. The molecule has 3 nitrogen and oxygen atoms in total. The summed E-state index contributed by atoms with van der Waals surface area (Å²) in [5, 5.41) is 8.72. The molecule has 5 heteroatoms. The summed E-state index contributed by atoms with van der Waals surface area (Å²) in [6.07, 6.45) is 0.197. The van der Waals surface area contributed by atoms with Crippen molar-refractivity contribution in [3.05, 3.63) is 28.7 Å². The van der Waals surface area contributed by atoms with Gasteiger partial charge in [0, 0.05) is 15.5 Å². The third kappa shape index (κ3) is 6.58. The average molecular weight is 319 g/mol. The molecule has 0 saturated carbocycles. The van der Waals surface area contributed by atoms with Crippen LogP contribution >= 0.6 is 27.7 Å². The average Bonchev–Trinajstić information content (AvgIpc) is 2.26. The normalized spacial score (nSPS) is 12.1. The molecule has 0 aliphatic heterocycles. The maximum absolute atomic E-state index is 10.4. The van der Waals surface area contributed by atoms with Crippen LogP contribution in [0.3, 0.4) is 0 Å². The molecule has 1 unspecified atom stereocenters. The van der Waals surface area contributed by atoms with Gasteiger partial charge in [0.2, 0.25) is 0 Å². The van der Waals surface area contributed by atoms with Gasteiger partial charge in [0.05, 0.1) is 13.0 Å². The molecule has 1 rings (SSSR count). The molecule has 94 valence electrons. The van der Waals surface area contributed by atoms with Gasteiger partial charge in [0.25, 0.3) is 0 Å². The molecule has 0 bridgehead atoms. The maximum Gasteiger partial charge on any atom is 0.304 e. The maximum atomic E-state index is 10.4. The number of carbonyl (C=O) groups is 1. The second-order valence-electron chi connectivity index (χ2n) is 3.58. The van der Waals surface area contributed by atoms with E-state index < -0.39 is 5.97 Å². The summed E-state index contributed by atoms with van der Waals surface area (Å²) >= 11 is 4.97. The quantitative estimate of drug-likeness (QED) is 0.782. The molecule has 0 heterocycles. The van der Waals surface area contributed by atoms with Crippen LogP contribution in [0.25, 0.3) is 0 Å². The molecule has 0 fully saturated rings. The van der Waals surface area contributed by atoms with Crippen molar-refractivity contribution in [2.75, 3.05) is 12.4 Å². The van der Waals surface area contributed by atoms with Crippen LogP contribution in [-0.4, -0.2) is 28.7 Å². The van der Waals surface area contributed by atoms with E-state index in [2.05, 4.69) is 15.9 Å². The van der Waals surface area contributed by atoms with Gasteiger partial charge in [-0.15, -0.1) is 0 Å². The molecule has 0 aliphatic carbocycles. The summed E-state index contributed by atoms with van der Waals surface area (Å²) < 4.78 is 6.55. The van der Waals surface area contributed by atoms with E-state index in [9.17, 15) is 4.79 Å². The number of hydrogen-bond donors (Lipinski definition) is 1. The molecule has 1 aromatic rings. The van der Waals surface area contributed by atoms with Crippen molar-refractivity contribution < 1.29 is 14.6 Å². The largest absolute Gasteiger partial charge is 0.493 e. The molecule has 1 atom stereocenters. The summed E-state index contributed by atoms with van der Waals surface area (Å²) in [6, 6.07) is 7.65. The highest BCUT2D eigenvalue weighted by Crippen LogP contribution is 2.17. The Labute approximate surface area is 114 Å². The van der Waals surface area contributed by atoms with E-state index >= 15 is 0 Å². The van der Waals surface area contributed by atoms with E-state index in [0.29, 0.717) is 6.61 Å². The summed E-state index contributed by atoms with van der Waals surface area (Å²) in [4.78, 5) is 10.4. The highest BCUT2D eigenvalue weighted by molar-refractivity contribution is 9.10. The van der Waals surface area contributed by atoms with Crippen molar-refractivity contribution in [3.8, 4) is 5.75 Å². The molecular weight excluding hydrogens is 304 g/mol. The van der Waals surface area contributed by atoms with Crippen LogP contribution in [0.1, 0.15) is 13.3 Å². The van der Waals surface area contributed by atoms with E-state index in [0.717, 1.165) is 16.0 Å². The standard InChI is InChI=1S/C12H15BrO3S/c1-9(8-12(14)15)17-7-6-16-11-4-2-10(13)3-5-11/h2-5,9H,6-8H2,1H3,(H,14,15). The number of halogens is 1. The van der Waals surface area contributed by atoms with Gasteiger partial charge in [-0.2, -0.15) is 11.8 Å². The number of thioether (sulfide) groups is 1. The van der Waals surface area contributed by atoms with Gasteiger partial charge >= 0.3 is 5.97 Å². The van der Waals surface area contributed by atoms with Gasteiger partial charge < -0.3 is 9.84 Å². The van der Waals surface area contributed by atoms with Crippen molar-refractivity contribution in [1.82, 2.24) is 0 Å². The molecule has 0 amide bonds. The van der Waals surface area contributed by atoms with Crippen LogP contribution in [0.15, 0.2) is 28.7 Å². The Bertz CT molecular complexity index is 353. The molecule has 17 heavy (non-hydrogen) atoms. The zero-order chi connectivity index (χ0) is 12.7. The van der Waals surface area contributed by atoms with E-state index in [1.807, 2.05) is 31.2 Å². The Morgan fingerprint density at radius 3 is 2.71 bits per heavy atom. The number of benzene rings is 1. The Morgan fingerprint density at radius 2 is 2.12 bits per heavy atom. The first-order chi connectivity index (χ1) is 8.08. The lowest BCUT2D eigenvalue weighted by atomic mass is 10.3. The number of rotatable bonds is 7. The van der Waals surface area contributed by atoms with Gasteiger partial charge in [0.1, 0.15) is 5.75 Å². The Hall–Kier alpha value is -0.680. The SMILES string of the molecule is CC(CC(=O)O)SCCOc1ccc(Br)cc1. The molecule has 0 saturated heterocycles. The first-order valence-electron chi connectivity index (χ1n) is 5.29. The zero-order valence-electron chi connectivity index (χ0n) is 9.56. The molecule has 0 aromatic heterocycles. The van der Waals surface area contributed by atoms with Crippen molar-refractivity contribution in [2.24, 2.45) is 0 Å². The molecule has 0 aliphatic rings. The second kappa shape index (κ2) is 7.61. The number of hydrogen-bond acceptors (Lipinski definition) is 3. The minimum Gasteiger partial charge on any atom is -0.493 e. The summed E-state index contributed by atoms with van der Waals surface area (Å²) in [7, 11) is 0. The fraction of sp³-hybridized carbons (Fsp3) is 0.417. The summed E-state index contributed by atoms with van der Waals surface area (Å²) in [5.41, 5.74) is 0. The van der Waals surface area contributed by atoms with Crippen LogP contribution in [0.2, 0.25) is 0 Å². The van der Waals surface area contributed by atoms with Crippen LogP contribution in [0, 0.1) is 0 Å². The van der Waals surface area contributed by atoms with Crippen LogP contribution in [-0.2, 0) is 4.79 Å². The number of aliphatic carboxylic acids is 1. The second-order valence-corrected chi connectivity index (χ2v) is 6.04. The lowest BCUT2D eigenvalue weighted by Crippen LogP contribution is -2.09. The fourth-order valence-electron chi connectivity index (χ4n) is 1.24. The van der Waals surface area contributed by atoms with Crippen molar-refractivity contribution in [1.29, 1.82) is 0 Å². The van der Waals surface area contributed by atoms with Crippen LogP contribution in [0.5, 0.6) is 5.75 Å². The monoisotopic (exact) mass is 318 g/mol. The third-order valence-corrected chi connectivity index (χ3v) is 3.70. The molecule has 1 N–H and O–H groups in total. The van der Waals surface area contributed by atoms with Crippen molar-refractivity contribution in [2.45, 2.75) is 18.6 Å². The zero-order valence-corrected chi connectivity index (χ0v) is 12.0. The van der Waals surface area contributed by atoms with Crippen LogP contribution in [0.4, 0.5) is 0 Å². The van der Waals surface area contributed by atoms with Gasteiger partial charge in [-0.3, -0.25) is 4.79 Å². The highest BCUT2D eigenvalue weighted by Gasteiger charge is 2.07. The predicted molar refractivity (Wildman–Crippen MR) is 73.8 cm³/mol. The van der Waals surface area contributed by atoms with Gasteiger partial charge in [-0.25, -0.2) is 0 Å². The van der Waals surface area contributed by atoms with E-state index in [1.165, 1.54) is 0 Å². The molecule has 0 spiro atoms. The van der Waals surface area contributed by atoms with E-state index in [4.69, 9.17) is 9.84 Å². The van der Waals surface area contributed by atoms with Gasteiger partial charge in [-0.1, -0.05) is 22.9 Å². The molecule has 1 aromatic carbocycles. The molecular formula is C12H15BrO3S. The number of carboxylic acid groups (broad SMARTS) is 1. The van der Waals surface area contributed by atoms with Gasteiger partial charge in [-0.05, 0) is 24.3 Å². The smallest absolute Gasteiger partial charge is 0.304 e. The Kier molecular flexibility index (Phi) is 6.44. The lowest BCUT2D eigenvalue weighted by molar-refractivity contribution is -0.136. The Morgan fingerprint density at radius 1 is 1.47 bits per heavy atom. The van der Waals surface area contributed by atoms with Crippen LogP contribution < -0.4 is 4.74 Å². The van der Waals surface area contributed by atoms with E-state index in [-0.39, 0.29) is 11.7 Å². The first-order valence-corrected chi connectivity index (χ1v) is 7.14. The van der Waals surface area contributed by atoms with Crippen molar-refractivity contribution >= 4 is 33.7 Å². The third-order valence-electron chi connectivity index (χ3n) is 2.03. The number of carboxylic acids is 1. The predicted octanol–water partition coefficient (Wildman–Crippen LogP) is 3.42. The van der Waals surface area contributed by atoms with E-state index in [1.54, 1.807) is 11.8 Å². The minimum absolute atomic E-state index is 0.126. The topological polar surface area (TPSA) is 46.5 Å². The summed E-state index contributed by atoms with van der Waals surface area (Å²) in [6.45, 7) is 2.51. The fourth-order valence-corrected chi connectivity index (χ4v) is 2.35. The van der Waals surface area contributed by atoms with Crippen molar-refractivity contribution in [3.63, 3.8) is 0 Å². The lowest BCUT2D eigenvalue weighted by Gasteiger charge is -2.09. The minimum atomic E-state index is -0.751. The Balaban J connectivity index is 2.15. The molecule has 0 radical (unpaired) electrons. The van der Waals surface area contributed by atoms with Gasteiger partial charge in [0.15, 0.2) is 0 Å².